The van der Waals surface area contributed by atoms with Gasteiger partial charge in [0.1, 0.15) is 27.3 Å². The Balaban J connectivity index is 1.42. The second-order valence-corrected chi connectivity index (χ2v) is 10.8. The molecule has 4 unspecified atom stereocenters. The van der Waals surface area contributed by atoms with Gasteiger partial charge in [0.25, 0.3) is 0 Å². The molecule has 38 heavy (non-hydrogen) atoms. The molecule has 3 aromatic carbocycles. The summed E-state index contributed by atoms with van der Waals surface area (Å²) in [5.41, 5.74) is 0.893. The first kappa shape index (κ1) is 26.2. The van der Waals surface area contributed by atoms with Crippen LogP contribution >= 0.6 is 0 Å². The van der Waals surface area contributed by atoms with Gasteiger partial charge in [0.15, 0.2) is 11.5 Å². The van der Waals surface area contributed by atoms with Crippen LogP contribution in [0.1, 0.15) is 19.3 Å². The highest BCUT2D eigenvalue weighted by Crippen LogP contribution is 2.49. The molecule has 0 spiro atoms. The Kier molecular flexibility index (Phi) is 6.70. The minimum Gasteiger partial charge on any atom is -0.453 e. The number of ether oxygens (including phenoxy) is 2. The highest BCUT2D eigenvalue weighted by molar-refractivity contribution is 7.90. The lowest BCUT2D eigenvalue weighted by molar-refractivity contribution is -0.274. The van der Waals surface area contributed by atoms with Crippen LogP contribution in [0.4, 0.5) is 33.3 Å². The molecule has 1 aliphatic heterocycles. The molecule has 0 aromatic heterocycles. The van der Waals surface area contributed by atoms with E-state index in [-0.39, 0.29) is 16.4 Å². The lowest BCUT2D eigenvalue weighted by Gasteiger charge is -2.45. The van der Waals surface area contributed by atoms with E-state index in [2.05, 4.69) is 9.46 Å². The van der Waals surface area contributed by atoms with Gasteiger partial charge in [-0.25, -0.2) is 22.5 Å². The van der Waals surface area contributed by atoms with Crippen LogP contribution in [-0.2, 0) is 9.92 Å². The number of nitrogens with one attached hydrogen (secondary N) is 2. The van der Waals surface area contributed by atoms with Gasteiger partial charge < -0.3 is 19.5 Å². The van der Waals surface area contributed by atoms with Crippen molar-refractivity contribution in [3.05, 3.63) is 72.3 Å². The van der Waals surface area contributed by atoms with Crippen LogP contribution < -0.4 is 19.1 Å². The third kappa shape index (κ3) is 5.26. The molecule has 3 aromatic rings. The SMILES string of the molecule is N=S(=O)(NC1CCCC(N2c3ccc(F)cc3Oc3cc(F)ccc32)C1O)c1ccc(OC(F)(F)F)cc1. The summed E-state index contributed by atoms with van der Waals surface area (Å²) in [7, 11) is -3.73. The van der Waals surface area contributed by atoms with Gasteiger partial charge in [-0.15, -0.1) is 13.2 Å². The maximum atomic E-state index is 14.0. The smallest absolute Gasteiger partial charge is 0.453 e. The van der Waals surface area contributed by atoms with Crippen molar-refractivity contribution in [2.45, 2.75) is 48.7 Å². The highest BCUT2D eigenvalue weighted by atomic mass is 32.2. The first-order valence-electron chi connectivity index (χ1n) is 11.6. The fourth-order valence-electron chi connectivity index (χ4n) is 4.82. The first-order valence-corrected chi connectivity index (χ1v) is 13.1. The highest BCUT2D eigenvalue weighted by Gasteiger charge is 2.41. The normalized spacial score (nSPS) is 22.6. The van der Waals surface area contributed by atoms with Gasteiger partial charge in [0.2, 0.25) is 0 Å². The third-order valence-electron chi connectivity index (χ3n) is 6.44. The van der Waals surface area contributed by atoms with Gasteiger partial charge >= 0.3 is 6.36 Å². The maximum absolute atomic E-state index is 14.0. The van der Waals surface area contributed by atoms with Crippen molar-refractivity contribution < 1.29 is 40.7 Å². The van der Waals surface area contributed by atoms with E-state index in [1.54, 1.807) is 4.90 Å². The molecular weight excluding hydrogens is 533 g/mol. The molecule has 1 heterocycles. The number of aliphatic hydroxyl groups is 1. The molecule has 7 nitrogen and oxygen atoms in total. The molecule has 13 heteroatoms. The Morgan fingerprint density at radius 2 is 1.55 bits per heavy atom. The Bertz CT molecular complexity index is 1400. The van der Waals surface area contributed by atoms with E-state index in [0.29, 0.717) is 30.6 Å². The lowest BCUT2D eigenvalue weighted by atomic mass is 9.86. The Morgan fingerprint density at radius 1 is 0.974 bits per heavy atom. The summed E-state index contributed by atoms with van der Waals surface area (Å²) >= 11 is 0. The monoisotopic (exact) mass is 555 g/mol. The number of anilines is 2. The predicted molar refractivity (Wildman–Crippen MR) is 128 cm³/mol. The van der Waals surface area contributed by atoms with Crippen LogP contribution in [-0.4, -0.2) is 33.9 Å². The van der Waals surface area contributed by atoms with Gasteiger partial charge in [0.05, 0.1) is 28.4 Å². The number of halogens is 5. The van der Waals surface area contributed by atoms with E-state index in [1.165, 1.54) is 24.3 Å². The van der Waals surface area contributed by atoms with E-state index in [1.807, 2.05) is 0 Å². The van der Waals surface area contributed by atoms with Crippen molar-refractivity contribution in [2.24, 2.45) is 0 Å². The van der Waals surface area contributed by atoms with Gasteiger partial charge in [-0.1, -0.05) is 0 Å². The number of aliphatic hydroxyl groups excluding tert-OH is 1. The second kappa shape index (κ2) is 9.71. The Hall–Kier alpha value is -3.42. The average molecular weight is 556 g/mol. The molecule has 0 bridgehead atoms. The van der Waals surface area contributed by atoms with Gasteiger partial charge in [-0.3, -0.25) is 0 Å². The van der Waals surface area contributed by atoms with Crippen LogP contribution in [0.25, 0.3) is 0 Å². The molecule has 2 aliphatic rings. The molecule has 0 amide bonds. The number of hydrogen-bond acceptors (Lipinski definition) is 6. The van der Waals surface area contributed by atoms with E-state index in [4.69, 9.17) is 9.52 Å². The molecule has 202 valence electrons. The standard InChI is InChI=1S/C25H22F5N3O4S/c26-14-4-10-19-22(12-14)36-23-13-15(27)5-11-20(23)33(19)21-3-1-2-18(24(21)34)32-38(31,35)17-8-6-16(7-9-17)37-25(28,29)30/h4-13,18,21,24,34H,1-3H2,(H2,31,32,35). The molecule has 0 radical (unpaired) electrons. The van der Waals surface area contributed by atoms with Crippen LogP contribution in [0.3, 0.4) is 0 Å². The van der Waals surface area contributed by atoms with E-state index >= 15 is 0 Å². The summed E-state index contributed by atoms with van der Waals surface area (Å²) in [6.45, 7) is 0. The van der Waals surface area contributed by atoms with E-state index < -0.39 is 51.8 Å². The van der Waals surface area contributed by atoms with Gasteiger partial charge in [-0.2, -0.15) is 0 Å². The van der Waals surface area contributed by atoms with Crippen molar-refractivity contribution in [3.63, 3.8) is 0 Å². The fourth-order valence-corrected chi connectivity index (χ4v) is 6.16. The average Bonchev–Trinajstić information content (AvgIpc) is 2.83. The topological polar surface area (TPSA) is 94.9 Å². The second-order valence-electron chi connectivity index (χ2n) is 8.98. The van der Waals surface area contributed by atoms with Crippen LogP contribution in [0, 0.1) is 16.4 Å². The zero-order chi connectivity index (χ0) is 27.2. The zero-order valence-corrected chi connectivity index (χ0v) is 20.4. The molecule has 1 saturated carbocycles. The van der Waals surface area contributed by atoms with Crippen LogP contribution in [0.5, 0.6) is 17.2 Å². The van der Waals surface area contributed by atoms with Crippen molar-refractivity contribution in [1.82, 2.24) is 4.72 Å². The Morgan fingerprint density at radius 3 is 2.11 bits per heavy atom. The lowest BCUT2D eigenvalue weighted by Crippen LogP contribution is -2.55. The minimum atomic E-state index is -4.89. The summed E-state index contributed by atoms with van der Waals surface area (Å²) in [5.74, 6) is -1.38. The number of nitrogens with zero attached hydrogens (tertiary/aromatic N) is 1. The van der Waals surface area contributed by atoms with Crippen molar-refractivity contribution in [3.8, 4) is 17.2 Å². The first-order chi connectivity index (χ1) is 17.9. The Labute approximate surface area is 214 Å². The summed E-state index contributed by atoms with van der Waals surface area (Å²) in [5, 5.41) is 11.4. The number of alkyl halides is 3. The predicted octanol–water partition coefficient (Wildman–Crippen LogP) is 6.00. The van der Waals surface area contributed by atoms with Gasteiger partial charge in [0, 0.05) is 18.2 Å². The van der Waals surface area contributed by atoms with E-state index in [9.17, 15) is 31.3 Å². The zero-order valence-electron chi connectivity index (χ0n) is 19.5. The molecule has 1 aliphatic carbocycles. The molecule has 1 fully saturated rings. The van der Waals surface area contributed by atoms with Crippen LogP contribution in [0.15, 0.2) is 65.6 Å². The minimum absolute atomic E-state index is 0.0886. The van der Waals surface area contributed by atoms with Crippen molar-refractivity contribution in [2.75, 3.05) is 4.90 Å². The fraction of sp³-hybridized carbons (Fsp3) is 0.280. The third-order valence-corrected chi connectivity index (χ3v) is 8.01. The summed E-state index contributed by atoms with van der Waals surface area (Å²) in [6.07, 6.45) is -4.69. The molecule has 3 N–H and O–H groups in total. The van der Waals surface area contributed by atoms with E-state index in [0.717, 1.165) is 36.4 Å². The number of benzene rings is 3. The summed E-state index contributed by atoms with van der Waals surface area (Å²) in [4.78, 5) is 1.63. The maximum Gasteiger partial charge on any atom is 0.573 e. The summed E-state index contributed by atoms with van der Waals surface area (Å²) < 4.78 is 99.0. The molecule has 0 saturated heterocycles. The molecule has 5 rings (SSSR count). The number of rotatable bonds is 5. The van der Waals surface area contributed by atoms with Gasteiger partial charge in [-0.05, 0) is 67.8 Å². The number of hydrogen-bond donors (Lipinski definition) is 3. The van der Waals surface area contributed by atoms with Crippen LogP contribution in [0.2, 0.25) is 0 Å². The largest absolute Gasteiger partial charge is 0.573 e. The van der Waals surface area contributed by atoms with Crippen molar-refractivity contribution >= 4 is 21.3 Å². The quantitative estimate of drug-likeness (QED) is 0.336. The molecule has 4 atom stereocenters. The van der Waals surface area contributed by atoms with Crippen molar-refractivity contribution in [1.29, 1.82) is 4.78 Å². The molecular formula is C25H22F5N3O4S. The summed E-state index contributed by atoms with van der Waals surface area (Å²) in [6, 6.07) is 10.4. The number of fused-ring (bicyclic) bond motifs is 2.